The zero-order chi connectivity index (χ0) is 15.4. The van der Waals surface area contributed by atoms with Crippen LogP contribution in [0.2, 0.25) is 0 Å². The molecule has 0 atom stereocenters. The first-order valence-corrected chi connectivity index (χ1v) is 7.64. The van der Waals surface area contributed by atoms with Gasteiger partial charge in [0.1, 0.15) is 11.2 Å². The SMILES string of the molecule is O=C(N=c1ccccn1Cc1ccccc1)c1cc(Br)c[nH]1. The third-order valence-electron chi connectivity index (χ3n) is 3.21. The maximum atomic E-state index is 12.2. The van der Waals surface area contributed by atoms with Crippen LogP contribution in [0.25, 0.3) is 0 Å². The Hall–Kier alpha value is -2.40. The molecule has 0 radical (unpaired) electrons. The van der Waals surface area contributed by atoms with Crippen LogP contribution >= 0.6 is 15.9 Å². The van der Waals surface area contributed by atoms with Crippen molar-refractivity contribution in [2.45, 2.75) is 6.54 Å². The van der Waals surface area contributed by atoms with Gasteiger partial charge in [-0.15, -0.1) is 0 Å². The summed E-state index contributed by atoms with van der Waals surface area (Å²) in [6.45, 7) is 0.669. The number of carbonyl (C=O) groups excluding carboxylic acids is 1. The maximum absolute atomic E-state index is 12.2. The van der Waals surface area contributed by atoms with Crippen LogP contribution < -0.4 is 5.49 Å². The standard InChI is InChI=1S/C17H14BrN3O/c18-14-10-15(19-11-14)17(22)20-16-8-4-5-9-21(16)12-13-6-2-1-3-7-13/h1-11,19H,12H2. The maximum Gasteiger partial charge on any atom is 0.295 e. The number of H-pyrrole nitrogens is 1. The van der Waals surface area contributed by atoms with Crippen LogP contribution in [0.15, 0.2) is 76.5 Å². The predicted octanol–water partition coefficient (Wildman–Crippen LogP) is 3.37. The van der Waals surface area contributed by atoms with E-state index < -0.39 is 0 Å². The minimum atomic E-state index is -0.293. The van der Waals surface area contributed by atoms with E-state index in [1.54, 1.807) is 12.3 Å². The van der Waals surface area contributed by atoms with Crippen molar-refractivity contribution in [2.75, 3.05) is 0 Å². The van der Waals surface area contributed by atoms with Gasteiger partial charge in [-0.25, -0.2) is 0 Å². The Morgan fingerprint density at radius 3 is 2.64 bits per heavy atom. The monoisotopic (exact) mass is 355 g/mol. The van der Waals surface area contributed by atoms with Gasteiger partial charge in [-0.05, 0) is 39.7 Å². The number of hydrogen-bond acceptors (Lipinski definition) is 1. The van der Waals surface area contributed by atoms with Gasteiger partial charge in [0.15, 0.2) is 0 Å². The second-order valence-corrected chi connectivity index (χ2v) is 5.74. The Labute approximate surface area is 136 Å². The van der Waals surface area contributed by atoms with Crippen LogP contribution in [0.1, 0.15) is 16.1 Å². The number of amides is 1. The summed E-state index contributed by atoms with van der Waals surface area (Å²) in [6.07, 6.45) is 3.63. The molecule has 110 valence electrons. The molecule has 0 saturated heterocycles. The lowest BCUT2D eigenvalue weighted by molar-refractivity contribution is 0.0993. The van der Waals surface area contributed by atoms with E-state index in [1.165, 1.54) is 0 Å². The lowest BCUT2D eigenvalue weighted by atomic mass is 10.2. The largest absolute Gasteiger partial charge is 0.356 e. The quantitative estimate of drug-likeness (QED) is 0.769. The molecule has 1 N–H and O–H groups in total. The van der Waals surface area contributed by atoms with Crippen molar-refractivity contribution in [1.82, 2.24) is 9.55 Å². The molecule has 0 aliphatic carbocycles. The average Bonchev–Trinajstić information content (AvgIpc) is 2.97. The second-order valence-electron chi connectivity index (χ2n) is 4.82. The molecular weight excluding hydrogens is 342 g/mol. The molecule has 0 aliphatic rings. The van der Waals surface area contributed by atoms with Gasteiger partial charge in [0.05, 0.1) is 0 Å². The Morgan fingerprint density at radius 2 is 1.91 bits per heavy atom. The van der Waals surface area contributed by atoms with Crippen LogP contribution in [0, 0.1) is 0 Å². The highest BCUT2D eigenvalue weighted by molar-refractivity contribution is 9.10. The van der Waals surface area contributed by atoms with Crippen molar-refractivity contribution in [3.05, 3.63) is 88.2 Å². The van der Waals surface area contributed by atoms with E-state index in [2.05, 4.69) is 25.9 Å². The molecule has 0 fully saturated rings. The number of aromatic nitrogens is 2. The van der Waals surface area contributed by atoms with Crippen LogP contribution in [-0.4, -0.2) is 15.5 Å². The molecule has 0 aliphatic heterocycles. The molecule has 4 nitrogen and oxygen atoms in total. The van der Waals surface area contributed by atoms with E-state index in [1.807, 2.05) is 59.3 Å². The topological polar surface area (TPSA) is 50.1 Å². The molecule has 0 bridgehead atoms. The van der Waals surface area contributed by atoms with Gasteiger partial charge in [0.2, 0.25) is 0 Å². The van der Waals surface area contributed by atoms with Gasteiger partial charge in [-0.2, -0.15) is 4.99 Å². The normalized spacial score (nSPS) is 11.6. The molecular formula is C17H14BrN3O. The van der Waals surface area contributed by atoms with Crippen molar-refractivity contribution in [1.29, 1.82) is 0 Å². The molecule has 5 heteroatoms. The Morgan fingerprint density at radius 1 is 1.14 bits per heavy atom. The molecule has 3 rings (SSSR count). The number of nitrogens with zero attached hydrogens (tertiary/aromatic N) is 2. The van der Waals surface area contributed by atoms with Gasteiger partial charge >= 0.3 is 0 Å². The summed E-state index contributed by atoms with van der Waals surface area (Å²) in [5.41, 5.74) is 2.24. The smallest absolute Gasteiger partial charge is 0.295 e. The first-order valence-electron chi connectivity index (χ1n) is 6.85. The Balaban J connectivity index is 1.94. The average molecular weight is 356 g/mol. The van der Waals surface area contributed by atoms with Crippen LogP contribution in [0.3, 0.4) is 0 Å². The lowest BCUT2D eigenvalue weighted by Crippen LogP contribution is -2.22. The fraction of sp³-hybridized carbons (Fsp3) is 0.0588. The molecule has 0 unspecified atom stereocenters. The highest BCUT2D eigenvalue weighted by Crippen LogP contribution is 2.11. The number of rotatable bonds is 3. The third-order valence-corrected chi connectivity index (χ3v) is 3.66. The summed E-state index contributed by atoms with van der Waals surface area (Å²) in [4.78, 5) is 19.3. The first kappa shape index (κ1) is 14.5. The molecule has 1 amide bonds. The number of benzene rings is 1. The Bertz CT molecular complexity index is 849. The molecule has 2 aromatic heterocycles. The zero-order valence-electron chi connectivity index (χ0n) is 11.7. The molecule has 0 spiro atoms. The molecule has 22 heavy (non-hydrogen) atoms. The molecule has 2 heterocycles. The number of halogens is 1. The van der Waals surface area contributed by atoms with Gasteiger partial charge < -0.3 is 9.55 Å². The summed E-state index contributed by atoms with van der Waals surface area (Å²) >= 11 is 3.31. The van der Waals surface area contributed by atoms with Crippen LogP contribution in [0.5, 0.6) is 0 Å². The fourth-order valence-corrected chi connectivity index (χ4v) is 2.48. The lowest BCUT2D eigenvalue weighted by Gasteiger charge is -2.07. The van der Waals surface area contributed by atoms with Crippen LogP contribution in [-0.2, 0) is 6.54 Å². The predicted molar refractivity (Wildman–Crippen MR) is 88.4 cm³/mol. The van der Waals surface area contributed by atoms with Crippen molar-refractivity contribution >= 4 is 21.8 Å². The Kier molecular flexibility index (Phi) is 4.34. The van der Waals surface area contributed by atoms with E-state index in [4.69, 9.17) is 0 Å². The minimum Gasteiger partial charge on any atom is -0.356 e. The van der Waals surface area contributed by atoms with E-state index in [0.29, 0.717) is 17.7 Å². The summed E-state index contributed by atoms with van der Waals surface area (Å²) in [5, 5.41) is 0. The first-order chi connectivity index (χ1) is 10.7. The highest BCUT2D eigenvalue weighted by Gasteiger charge is 2.06. The molecule has 3 aromatic rings. The van der Waals surface area contributed by atoms with Gasteiger partial charge in [-0.1, -0.05) is 36.4 Å². The van der Waals surface area contributed by atoms with E-state index in [9.17, 15) is 4.79 Å². The summed E-state index contributed by atoms with van der Waals surface area (Å²) in [7, 11) is 0. The zero-order valence-corrected chi connectivity index (χ0v) is 13.3. The van der Waals surface area contributed by atoms with E-state index in [0.717, 1.165) is 10.0 Å². The number of aromatic amines is 1. The van der Waals surface area contributed by atoms with E-state index in [-0.39, 0.29) is 5.91 Å². The van der Waals surface area contributed by atoms with Gasteiger partial charge in [0.25, 0.3) is 5.91 Å². The van der Waals surface area contributed by atoms with Gasteiger partial charge in [0, 0.05) is 23.4 Å². The number of carbonyl (C=O) groups is 1. The van der Waals surface area contributed by atoms with E-state index >= 15 is 0 Å². The van der Waals surface area contributed by atoms with Crippen molar-refractivity contribution < 1.29 is 4.79 Å². The number of pyridine rings is 1. The minimum absolute atomic E-state index is 0.293. The third kappa shape index (κ3) is 3.43. The molecule has 0 saturated carbocycles. The van der Waals surface area contributed by atoms with Gasteiger partial charge in [-0.3, -0.25) is 4.79 Å². The number of hydrogen-bond donors (Lipinski definition) is 1. The van der Waals surface area contributed by atoms with Crippen LogP contribution in [0.4, 0.5) is 0 Å². The van der Waals surface area contributed by atoms with Crippen molar-refractivity contribution in [2.24, 2.45) is 4.99 Å². The fourth-order valence-electron chi connectivity index (χ4n) is 2.14. The highest BCUT2D eigenvalue weighted by atomic mass is 79.9. The second kappa shape index (κ2) is 6.58. The summed E-state index contributed by atoms with van der Waals surface area (Å²) in [6, 6.07) is 17.4. The molecule has 1 aromatic carbocycles. The summed E-state index contributed by atoms with van der Waals surface area (Å²) in [5.74, 6) is -0.293. The van der Waals surface area contributed by atoms with Crippen molar-refractivity contribution in [3.63, 3.8) is 0 Å². The van der Waals surface area contributed by atoms with Crippen molar-refractivity contribution in [3.8, 4) is 0 Å². The number of nitrogens with one attached hydrogen (secondary N) is 1. The summed E-state index contributed by atoms with van der Waals surface area (Å²) < 4.78 is 2.78.